The van der Waals surface area contributed by atoms with Gasteiger partial charge in [-0.2, -0.15) is 5.10 Å². The number of fused-ring (bicyclic) bond motifs is 1. The Morgan fingerprint density at radius 2 is 1.91 bits per heavy atom. The molecule has 8 nitrogen and oxygen atoms in total. The van der Waals surface area contributed by atoms with E-state index in [9.17, 15) is 22.8 Å². The van der Waals surface area contributed by atoms with Gasteiger partial charge in [-0.1, -0.05) is 12.1 Å². The predicted molar refractivity (Wildman–Crippen MR) is 122 cm³/mol. The van der Waals surface area contributed by atoms with Crippen molar-refractivity contribution in [3.8, 4) is 11.5 Å². The Hall–Kier alpha value is -3.60. The van der Waals surface area contributed by atoms with Gasteiger partial charge >= 0.3 is 6.03 Å². The lowest BCUT2D eigenvalue weighted by molar-refractivity contribution is -0.120. The van der Waals surface area contributed by atoms with Crippen LogP contribution in [0.4, 0.5) is 23.8 Å². The van der Waals surface area contributed by atoms with E-state index >= 15 is 0 Å². The molecule has 2 fully saturated rings. The number of aryl methyl sites for hydroxylation is 1. The number of nitrogens with zero attached hydrogens (tertiary/aromatic N) is 4. The number of carbonyl (C=O) groups is 2. The minimum atomic E-state index is -2.65. The lowest BCUT2D eigenvalue weighted by Gasteiger charge is -2.32. The molecule has 0 bridgehead atoms. The van der Waals surface area contributed by atoms with Crippen molar-refractivity contribution in [3.63, 3.8) is 0 Å². The first kappa shape index (κ1) is 23.2. The summed E-state index contributed by atoms with van der Waals surface area (Å²) in [5.74, 6) is -3.03. The molecule has 1 aromatic heterocycles. The number of ether oxygens (including phenoxy) is 1. The first-order chi connectivity index (χ1) is 16.7. The number of alkyl halides is 2. The number of benzene rings is 2. The number of nitrogens with one attached hydrogen (secondary N) is 1. The maximum Gasteiger partial charge on any atom is 0.329 e. The molecular formula is C24H24F3N5O3. The summed E-state index contributed by atoms with van der Waals surface area (Å²) in [6.07, 6.45) is 0.519. The van der Waals surface area contributed by atoms with Gasteiger partial charge in [0.2, 0.25) is 5.91 Å². The minimum Gasteiger partial charge on any atom is -0.454 e. The average Bonchev–Trinajstić information content (AvgIpc) is 3.10. The predicted octanol–water partition coefficient (Wildman–Crippen LogP) is 4.18. The number of rotatable bonds is 5. The van der Waals surface area contributed by atoms with E-state index in [0.717, 1.165) is 5.56 Å². The van der Waals surface area contributed by atoms with Crippen molar-refractivity contribution in [1.29, 1.82) is 0 Å². The van der Waals surface area contributed by atoms with Crippen molar-refractivity contribution >= 4 is 28.7 Å². The summed E-state index contributed by atoms with van der Waals surface area (Å²) >= 11 is 0. The third kappa shape index (κ3) is 4.81. The molecule has 2 saturated heterocycles. The number of aromatic nitrogens is 2. The number of carbonyl (C=O) groups excluding carboxylic acids is 2. The zero-order valence-corrected chi connectivity index (χ0v) is 19.1. The van der Waals surface area contributed by atoms with Crippen LogP contribution in [-0.4, -0.2) is 52.2 Å². The molecule has 0 saturated carbocycles. The summed E-state index contributed by atoms with van der Waals surface area (Å²) in [4.78, 5) is 26.7. The van der Waals surface area contributed by atoms with Crippen molar-refractivity contribution in [1.82, 2.24) is 20.0 Å². The van der Waals surface area contributed by atoms with E-state index in [4.69, 9.17) is 4.74 Å². The summed E-state index contributed by atoms with van der Waals surface area (Å²) in [7, 11) is 1.67. The Balaban J connectivity index is 1.33. The number of piperidine rings is 1. The van der Waals surface area contributed by atoms with Gasteiger partial charge in [-0.15, -0.1) is 0 Å². The molecule has 184 valence electrons. The van der Waals surface area contributed by atoms with Crippen LogP contribution in [0.15, 0.2) is 36.4 Å². The number of halogens is 3. The Bertz CT molecular complexity index is 1290. The fourth-order valence-electron chi connectivity index (χ4n) is 4.51. The van der Waals surface area contributed by atoms with E-state index < -0.39 is 17.8 Å². The van der Waals surface area contributed by atoms with E-state index in [1.165, 1.54) is 21.7 Å². The lowest BCUT2D eigenvalue weighted by Crippen LogP contribution is -2.49. The van der Waals surface area contributed by atoms with E-state index in [1.807, 2.05) is 0 Å². The summed E-state index contributed by atoms with van der Waals surface area (Å²) in [6.45, 7) is 0.932. The van der Waals surface area contributed by atoms with Gasteiger partial charge in [-0.3, -0.25) is 24.6 Å². The molecule has 0 radical (unpaired) electrons. The molecule has 3 amide bonds. The number of hydrogen-bond donors (Lipinski definition) is 1. The van der Waals surface area contributed by atoms with Crippen LogP contribution in [0.1, 0.15) is 24.8 Å². The molecular weight excluding hydrogens is 463 g/mol. The molecule has 0 atom stereocenters. The van der Waals surface area contributed by atoms with E-state index in [2.05, 4.69) is 10.4 Å². The molecule has 0 spiro atoms. The topological polar surface area (TPSA) is 79.7 Å². The van der Waals surface area contributed by atoms with Crippen molar-refractivity contribution in [2.75, 3.05) is 24.5 Å². The maximum absolute atomic E-state index is 15.0. The first-order valence-electron chi connectivity index (χ1n) is 11.3. The van der Waals surface area contributed by atoms with Crippen LogP contribution in [0.3, 0.4) is 0 Å². The average molecular weight is 487 g/mol. The second-order valence-corrected chi connectivity index (χ2v) is 8.92. The molecule has 2 aliphatic rings. The second kappa shape index (κ2) is 8.88. The normalized spacial score (nSPS) is 18.7. The molecule has 2 aromatic carbocycles. The quantitative estimate of drug-likeness (QED) is 0.584. The summed E-state index contributed by atoms with van der Waals surface area (Å²) in [5, 5.41) is 6.99. The second-order valence-electron chi connectivity index (χ2n) is 8.92. The van der Waals surface area contributed by atoms with Crippen LogP contribution < -0.4 is 15.0 Å². The van der Waals surface area contributed by atoms with Crippen LogP contribution in [0.25, 0.3) is 10.9 Å². The van der Waals surface area contributed by atoms with E-state index in [1.54, 1.807) is 36.2 Å². The van der Waals surface area contributed by atoms with Gasteiger partial charge in [-0.25, -0.2) is 18.0 Å². The molecule has 35 heavy (non-hydrogen) atoms. The van der Waals surface area contributed by atoms with Gasteiger partial charge in [0, 0.05) is 44.4 Å². The SMILES string of the molecule is Cn1nc(N2CCC(=O)NC2=O)c2cc(F)c(Oc3ccc(CN4CCCC(F)(F)C4)cc3)cc21. The third-order valence-electron chi connectivity index (χ3n) is 6.22. The highest BCUT2D eigenvalue weighted by atomic mass is 19.3. The molecule has 3 heterocycles. The van der Waals surface area contributed by atoms with E-state index in [-0.39, 0.29) is 43.4 Å². The van der Waals surface area contributed by atoms with Crippen LogP contribution in [0.2, 0.25) is 0 Å². The van der Waals surface area contributed by atoms with Crippen LogP contribution in [0.5, 0.6) is 11.5 Å². The zero-order chi connectivity index (χ0) is 24.7. The van der Waals surface area contributed by atoms with Crippen molar-refractivity contribution in [2.45, 2.75) is 31.7 Å². The molecule has 11 heteroatoms. The van der Waals surface area contributed by atoms with Gasteiger partial charge in [0.05, 0.1) is 12.1 Å². The Morgan fingerprint density at radius 3 is 2.63 bits per heavy atom. The third-order valence-corrected chi connectivity index (χ3v) is 6.22. The molecule has 0 unspecified atom stereocenters. The number of anilines is 1. The fraction of sp³-hybridized carbons (Fsp3) is 0.375. The van der Waals surface area contributed by atoms with Crippen molar-refractivity contribution in [2.24, 2.45) is 7.05 Å². The molecule has 3 aromatic rings. The minimum absolute atomic E-state index is 0.0197. The summed E-state index contributed by atoms with van der Waals surface area (Å²) in [5.41, 5.74) is 1.41. The molecule has 2 aliphatic heterocycles. The van der Waals surface area contributed by atoms with Crippen molar-refractivity contribution < 1.29 is 27.5 Å². The highest BCUT2D eigenvalue weighted by molar-refractivity contribution is 6.08. The van der Waals surface area contributed by atoms with Gasteiger partial charge < -0.3 is 4.74 Å². The Morgan fingerprint density at radius 1 is 1.14 bits per heavy atom. The van der Waals surface area contributed by atoms with Gasteiger partial charge in [0.25, 0.3) is 5.92 Å². The number of imide groups is 1. The fourth-order valence-corrected chi connectivity index (χ4v) is 4.51. The lowest BCUT2D eigenvalue weighted by atomic mass is 10.1. The molecule has 0 aliphatic carbocycles. The Labute approximate surface area is 199 Å². The number of hydrogen-bond acceptors (Lipinski definition) is 5. The van der Waals surface area contributed by atoms with Crippen LogP contribution >= 0.6 is 0 Å². The standard InChI is InChI=1S/C24H24F3N5O3/c1-30-19-12-20(18(25)11-17(19)22(29-30)32-10-7-21(33)28-23(32)34)35-16-5-3-15(4-6-16)13-31-9-2-8-24(26,27)14-31/h3-6,11-12H,2,7-10,13-14H2,1H3,(H,28,33,34). The molecule has 1 N–H and O–H groups in total. The van der Waals surface area contributed by atoms with Crippen LogP contribution in [0, 0.1) is 5.82 Å². The first-order valence-corrected chi connectivity index (χ1v) is 11.3. The maximum atomic E-state index is 15.0. The van der Waals surface area contributed by atoms with Crippen molar-refractivity contribution in [3.05, 3.63) is 47.8 Å². The summed E-state index contributed by atoms with van der Waals surface area (Å²) in [6, 6.07) is 9.04. The zero-order valence-electron chi connectivity index (χ0n) is 19.1. The largest absolute Gasteiger partial charge is 0.454 e. The monoisotopic (exact) mass is 487 g/mol. The van der Waals surface area contributed by atoms with Crippen LogP contribution in [-0.2, 0) is 18.4 Å². The van der Waals surface area contributed by atoms with E-state index in [0.29, 0.717) is 36.2 Å². The number of urea groups is 1. The van der Waals surface area contributed by atoms with Gasteiger partial charge in [-0.05, 0) is 36.7 Å². The highest BCUT2D eigenvalue weighted by Gasteiger charge is 2.35. The molecule has 5 rings (SSSR count). The number of likely N-dealkylation sites (tertiary alicyclic amines) is 1. The summed E-state index contributed by atoms with van der Waals surface area (Å²) < 4.78 is 49.5. The van der Waals surface area contributed by atoms with Gasteiger partial charge in [0.15, 0.2) is 17.4 Å². The smallest absolute Gasteiger partial charge is 0.329 e. The number of amides is 3. The Kier molecular flexibility index (Phi) is 5.87. The highest BCUT2D eigenvalue weighted by Crippen LogP contribution is 2.34. The van der Waals surface area contributed by atoms with Gasteiger partial charge in [0.1, 0.15) is 5.75 Å².